The van der Waals surface area contributed by atoms with Crippen LogP contribution in [0.1, 0.15) is 49.5 Å². The van der Waals surface area contributed by atoms with Gasteiger partial charge in [-0.15, -0.1) is 0 Å². The Bertz CT molecular complexity index is 563. The molecule has 1 heterocycles. The summed E-state index contributed by atoms with van der Waals surface area (Å²) in [6.07, 6.45) is 6.12. The summed E-state index contributed by atoms with van der Waals surface area (Å²) in [6, 6.07) is 10.5. The minimum absolute atomic E-state index is 0.149. The van der Waals surface area contributed by atoms with Crippen LogP contribution >= 0.6 is 0 Å². The second-order valence-corrected chi connectivity index (χ2v) is 5.65. The predicted octanol–water partition coefficient (Wildman–Crippen LogP) is 3.96. The molecule has 0 radical (unpaired) electrons. The van der Waals surface area contributed by atoms with Gasteiger partial charge in [-0.1, -0.05) is 37.5 Å². The van der Waals surface area contributed by atoms with E-state index in [0.29, 0.717) is 6.04 Å². The lowest BCUT2D eigenvalue weighted by Gasteiger charge is -2.33. The zero-order valence-corrected chi connectivity index (χ0v) is 12.1. The number of carbonyl (C=O) groups is 1. The third-order valence-corrected chi connectivity index (χ3v) is 4.38. The Hall–Kier alpha value is -1.77. The molecule has 0 saturated heterocycles. The molecule has 1 aliphatic rings. The minimum Gasteiger partial charge on any atom is -0.351 e. The number of H-pyrrole nitrogens is 1. The Labute approximate surface area is 120 Å². The summed E-state index contributed by atoms with van der Waals surface area (Å²) in [5.41, 5.74) is 1.76. The van der Waals surface area contributed by atoms with E-state index in [9.17, 15) is 4.79 Å². The van der Waals surface area contributed by atoms with Crippen LogP contribution < -0.4 is 0 Å². The Morgan fingerprint density at radius 2 is 2.00 bits per heavy atom. The Morgan fingerprint density at radius 1 is 1.25 bits per heavy atom. The van der Waals surface area contributed by atoms with Crippen LogP contribution in [-0.4, -0.2) is 28.4 Å². The first kappa shape index (κ1) is 13.2. The molecule has 0 unspecified atom stereocenters. The molecule has 1 N–H and O–H groups in total. The first-order valence-electron chi connectivity index (χ1n) is 7.68. The van der Waals surface area contributed by atoms with Crippen LogP contribution in [0.4, 0.5) is 0 Å². The zero-order valence-electron chi connectivity index (χ0n) is 12.1. The van der Waals surface area contributed by atoms with Gasteiger partial charge in [0.15, 0.2) is 0 Å². The normalized spacial score (nSPS) is 16.4. The van der Waals surface area contributed by atoms with E-state index in [0.717, 1.165) is 36.0 Å². The smallest absolute Gasteiger partial charge is 0.270 e. The average Bonchev–Trinajstić information content (AvgIpc) is 2.93. The Morgan fingerprint density at radius 3 is 2.70 bits per heavy atom. The van der Waals surface area contributed by atoms with Crippen molar-refractivity contribution >= 4 is 16.8 Å². The summed E-state index contributed by atoms with van der Waals surface area (Å²) >= 11 is 0. The highest BCUT2D eigenvalue weighted by molar-refractivity contribution is 5.98. The maximum atomic E-state index is 12.7. The molecule has 1 aromatic carbocycles. The number of hydrogen-bond donors (Lipinski definition) is 1. The summed E-state index contributed by atoms with van der Waals surface area (Å²) in [6.45, 7) is 2.87. The van der Waals surface area contributed by atoms with E-state index in [-0.39, 0.29) is 5.91 Å². The second kappa shape index (κ2) is 5.70. The Balaban J connectivity index is 1.85. The van der Waals surface area contributed by atoms with E-state index in [1.807, 2.05) is 35.2 Å². The molecule has 0 aliphatic heterocycles. The third-order valence-electron chi connectivity index (χ3n) is 4.38. The van der Waals surface area contributed by atoms with Crippen LogP contribution in [0.5, 0.6) is 0 Å². The molecule has 1 aliphatic carbocycles. The fourth-order valence-corrected chi connectivity index (χ4v) is 3.30. The van der Waals surface area contributed by atoms with Crippen molar-refractivity contribution in [3.8, 4) is 0 Å². The minimum atomic E-state index is 0.149. The number of rotatable bonds is 3. The SMILES string of the molecule is CCN(C(=O)c1cc2ccccc2[nH]1)C1CCCCC1. The first-order chi connectivity index (χ1) is 9.79. The topological polar surface area (TPSA) is 36.1 Å². The maximum absolute atomic E-state index is 12.7. The van der Waals surface area contributed by atoms with Crippen molar-refractivity contribution in [1.29, 1.82) is 0 Å². The van der Waals surface area contributed by atoms with Gasteiger partial charge < -0.3 is 9.88 Å². The number of amides is 1. The molecule has 3 heteroatoms. The molecule has 1 fully saturated rings. The lowest BCUT2D eigenvalue weighted by atomic mass is 9.94. The molecule has 1 saturated carbocycles. The number of carbonyl (C=O) groups excluding carboxylic acids is 1. The number of hydrogen-bond acceptors (Lipinski definition) is 1. The van der Waals surface area contributed by atoms with Crippen molar-refractivity contribution in [2.24, 2.45) is 0 Å². The van der Waals surface area contributed by atoms with E-state index in [1.54, 1.807) is 0 Å². The van der Waals surface area contributed by atoms with Gasteiger partial charge in [0.1, 0.15) is 5.69 Å². The summed E-state index contributed by atoms with van der Waals surface area (Å²) in [5.74, 6) is 0.149. The lowest BCUT2D eigenvalue weighted by molar-refractivity contribution is 0.0643. The molecule has 3 rings (SSSR count). The van der Waals surface area contributed by atoms with Gasteiger partial charge >= 0.3 is 0 Å². The molecule has 0 atom stereocenters. The van der Waals surface area contributed by atoms with Gasteiger partial charge in [-0.2, -0.15) is 0 Å². The molecule has 0 spiro atoms. The van der Waals surface area contributed by atoms with Crippen molar-refractivity contribution in [3.63, 3.8) is 0 Å². The molecule has 20 heavy (non-hydrogen) atoms. The van der Waals surface area contributed by atoms with Crippen molar-refractivity contribution in [2.45, 2.75) is 45.1 Å². The van der Waals surface area contributed by atoms with Crippen LogP contribution in [-0.2, 0) is 0 Å². The summed E-state index contributed by atoms with van der Waals surface area (Å²) in [4.78, 5) is 18.0. The number of nitrogens with one attached hydrogen (secondary N) is 1. The molecule has 2 aromatic rings. The van der Waals surface area contributed by atoms with Crippen LogP contribution in [0, 0.1) is 0 Å². The van der Waals surface area contributed by atoms with Crippen molar-refractivity contribution < 1.29 is 4.79 Å². The molecular weight excluding hydrogens is 248 g/mol. The van der Waals surface area contributed by atoms with Gasteiger partial charge in [0.05, 0.1) is 0 Å². The van der Waals surface area contributed by atoms with Gasteiger partial charge in [-0.25, -0.2) is 0 Å². The monoisotopic (exact) mass is 270 g/mol. The summed E-state index contributed by atoms with van der Waals surface area (Å²) < 4.78 is 0. The molecule has 0 bridgehead atoms. The van der Waals surface area contributed by atoms with Gasteiger partial charge in [0.25, 0.3) is 5.91 Å². The number of fused-ring (bicyclic) bond motifs is 1. The standard InChI is InChI=1S/C17H22N2O/c1-2-19(14-9-4-3-5-10-14)17(20)16-12-13-8-6-7-11-15(13)18-16/h6-8,11-12,14,18H,2-5,9-10H2,1H3. The van der Waals surface area contributed by atoms with Crippen LogP contribution in [0.25, 0.3) is 10.9 Å². The molecular formula is C17H22N2O. The summed E-state index contributed by atoms with van der Waals surface area (Å²) in [7, 11) is 0. The van der Waals surface area contributed by atoms with Crippen molar-refractivity contribution in [1.82, 2.24) is 9.88 Å². The van der Waals surface area contributed by atoms with E-state index in [2.05, 4.69) is 11.9 Å². The number of aromatic nitrogens is 1. The van der Waals surface area contributed by atoms with Gasteiger partial charge in [0, 0.05) is 23.5 Å². The number of para-hydroxylation sites is 1. The van der Waals surface area contributed by atoms with E-state index in [1.165, 1.54) is 19.3 Å². The number of aromatic amines is 1. The fraction of sp³-hybridized carbons (Fsp3) is 0.471. The highest BCUT2D eigenvalue weighted by Crippen LogP contribution is 2.24. The number of benzene rings is 1. The molecule has 3 nitrogen and oxygen atoms in total. The molecule has 1 amide bonds. The highest BCUT2D eigenvalue weighted by atomic mass is 16.2. The van der Waals surface area contributed by atoms with E-state index < -0.39 is 0 Å². The zero-order chi connectivity index (χ0) is 13.9. The molecule has 1 aromatic heterocycles. The van der Waals surface area contributed by atoms with Gasteiger partial charge in [0.2, 0.25) is 0 Å². The predicted molar refractivity (Wildman–Crippen MR) is 81.9 cm³/mol. The Kier molecular flexibility index (Phi) is 3.77. The van der Waals surface area contributed by atoms with Crippen LogP contribution in [0.2, 0.25) is 0 Å². The van der Waals surface area contributed by atoms with Gasteiger partial charge in [-0.05, 0) is 31.9 Å². The highest BCUT2D eigenvalue weighted by Gasteiger charge is 2.25. The van der Waals surface area contributed by atoms with Crippen LogP contribution in [0.15, 0.2) is 30.3 Å². The maximum Gasteiger partial charge on any atom is 0.270 e. The fourth-order valence-electron chi connectivity index (χ4n) is 3.30. The summed E-state index contributed by atoms with van der Waals surface area (Å²) in [5, 5.41) is 1.11. The van der Waals surface area contributed by atoms with Crippen LogP contribution in [0.3, 0.4) is 0 Å². The van der Waals surface area contributed by atoms with E-state index in [4.69, 9.17) is 0 Å². The van der Waals surface area contributed by atoms with Crippen molar-refractivity contribution in [2.75, 3.05) is 6.54 Å². The number of nitrogens with zero attached hydrogens (tertiary/aromatic N) is 1. The third kappa shape index (κ3) is 2.45. The largest absolute Gasteiger partial charge is 0.351 e. The quantitative estimate of drug-likeness (QED) is 0.900. The first-order valence-corrected chi connectivity index (χ1v) is 7.68. The van der Waals surface area contributed by atoms with E-state index >= 15 is 0 Å². The second-order valence-electron chi connectivity index (χ2n) is 5.65. The molecule has 106 valence electrons. The van der Waals surface area contributed by atoms with Crippen molar-refractivity contribution in [3.05, 3.63) is 36.0 Å². The lowest BCUT2D eigenvalue weighted by Crippen LogP contribution is -2.41. The average molecular weight is 270 g/mol. The van der Waals surface area contributed by atoms with Gasteiger partial charge in [-0.3, -0.25) is 4.79 Å².